The lowest BCUT2D eigenvalue weighted by Gasteiger charge is -2.27. The molecular formula is C22H27N5O3S2. The average Bonchev–Trinajstić information content (AvgIpc) is 3.21. The summed E-state index contributed by atoms with van der Waals surface area (Å²) in [5.41, 5.74) is 1.79. The van der Waals surface area contributed by atoms with Crippen LogP contribution in [-0.4, -0.2) is 65.6 Å². The van der Waals surface area contributed by atoms with E-state index in [4.69, 9.17) is 9.47 Å². The van der Waals surface area contributed by atoms with Crippen molar-refractivity contribution in [2.45, 2.75) is 30.2 Å². The van der Waals surface area contributed by atoms with E-state index in [1.165, 1.54) is 6.20 Å². The van der Waals surface area contributed by atoms with E-state index < -0.39 is 0 Å². The van der Waals surface area contributed by atoms with Crippen molar-refractivity contribution in [2.24, 2.45) is 0 Å². The van der Waals surface area contributed by atoms with E-state index in [0.717, 1.165) is 39.8 Å². The number of methoxy groups -OCH3 is 1. The van der Waals surface area contributed by atoms with Crippen molar-refractivity contribution < 1.29 is 14.3 Å². The molecule has 0 aliphatic carbocycles. The molecule has 2 aromatic heterocycles. The van der Waals surface area contributed by atoms with Crippen LogP contribution in [0.4, 0.5) is 11.5 Å². The van der Waals surface area contributed by atoms with Crippen LogP contribution in [0.5, 0.6) is 0 Å². The van der Waals surface area contributed by atoms with Gasteiger partial charge in [0.05, 0.1) is 41.4 Å². The van der Waals surface area contributed by atoms with Crippen LogP contribution in [0.15, 0.2) is 34.9 Å². The summed E-state index contributed by atoms with van der Waals surface area (Å²) in [6, 6.07) is 5.75. The smallest absolute Gasteiger partial charge is 0.275 e. The number of carbonyl (C=O) groups excluding carboxylic acids is 1. The molecule has 10 heteroatoms. The van der Waals surface area contributed by atoms with Crippen molar-refractivity contribution in [3.63, 3.8) is 0 Å². The highest BCUT2D eigenvalue weighted by molar-refractivity contribution is 8.01. The number of anilines is 2. The largest absolute Gasteiger partial charge is 0.379 e. The summed E-state index contributed by atoms with van der Waals surface area (Å²) in [4.78, 5) is 28.2. The second-order valence-electron chi connectivity index (χ2n) is 8.04. The lowest BCUT2D eigenvalue weighted by molar-refractivity contribution is 0.0207. The highest BCUT2D eigenvalue weighted by Crippen LogP contribution is 2.32. The van der Waals surface area contributed by atoms with E-state index in [2.05, 4.69) is 39.0 Å². The molecule has 0 atom stereocenters. The fourth-order valence-corrected chi connectivity index (χ4v) is 5.56. The molecule has 0 unspecified atom stereocenters. The zero-order valence-corrected chi connectivity index (χ0v) is 20.1. The Balaban J connectivity index is 1.41. The third kappa shape index (κ3) is 5.74. The number of nitrogens with zero attached hydrogens (tertiary/aromatic N) is 4. The zero-order chi connectivity index (χ0) is 22.6. The van der Waals surface area contributed by atoms with E-state index >= 15 is 0 Å². The Morgan fingerprint density at radius 1 is 1.28 bits per heavy atom. The van der Waals surface area contributed by atoms with Gasteiger partial charge in [0.25, 0.3) is 5.91 Å². The minimum absolute atomic E-state index is 0.136. The molecular weight excluding hydrogens is 446 g/mol. The number of aromatic nitrogens is 3. The number of nitrogens with one attached hydrogen (secondary N) is 1. The third-order valence-electron chi connectivity index (χ3n) is 5.30. The van der Waals surface area contributed by atoms with E-state index in [0.29, 0.717) is 24.7 Å². The topological polar surface area (TPSA) is 89.5 Å². The maximum absolute atomic E-state index is 12.8. The number of hydrogen-bond donors (Lipinski definition) is 1. The molecule has 0 saturated carbocycles. The Labute approximate surface area is 195 Å². The van der Waals surface area contributed by atoms with Gasteiger partial charge in [-0.2, -0.15) is 0 Å². The van der Waals surface area contributed by atoms with Crippen molar-refractivity contribution >= 4 is 50.7 Å². The van der Waals surface area contributed by atoms with Crippen molar-refractivity contribution in [3.8, 4) is 0 Å². The number of carbonyl (C=O) groups is 1. The predicted octanol–water partition coefficient (Wildman–Crippen LogP) is 4.08. The van der Waals surface area contributed by atoms with E-state index in [1.54, 1.807) is 36.4 Å². The number of fused-ring (bicyclic) bond motifs is 1. The normalized spacial score (nSPS) is 14.7. The monoisotopic (exact) mass is 473 g/mol. The summed E-state index contributed by atoms with van der Waals surface area (Å²) in [6.07, 6.45) is 4.11. The van der Waals surface area contributed by atoms with Crippen LogP contribution in [0.2, 0.25) is 0 Å². The molecule has 170 valence electrons. The van der Waals surface area contributed by atoms with Crippen molar-refractivity contribution in [1.29, 1.82) is 0 Å². The Morgan fingerprint density at radius 3 is 2.88 bits per heavy atom. The van der Waals surface area contributed by atoms with Gasteiger partial charge in [0.15, 0.2) is 4.34 Å². The molecule has 32 heavy (non-hydrogen) atoms. The molecule has 1 aliphatic rings. The van der Waals surface area contributed by atoms with Crippen LogP contribution in [-0.2, 0) is 9.47 Å². The first kappa shape index (κ1) is 22.9. The minimum atomic E-state index is -0.284. The first-order chi connectivity index (χ1) is 15.4. The summed E-state index contributed by atoms with van der Waals surface area (Å²) in [7, 11) is 1.74. The van der Waals surface area contributed by atoms with Crippen LogP contribution < -0.4 is 10.2 Å². The van der Waals surface area contributed by atoms with Gasteiger partial charge < -0.3 is 19.7 Å². The van der Waals surface area contributed by atoms with Gasteiger partial charge in [0.2, 0.25) is 0 Å². The highest BCUT2D eigenvalue weighted by atomic mass is 32.2. The fraction of sp³-hybridized carbons (Fsp3) is 0.455. The number of ether oxygens (including phenoxy) is 2. The van der Waals surface area contributed by atoms with Gasteiger partial charge in [-0.15, -0.1) is 11.3 Å². The molecule has 0 bridgehead atoms. The molecule has 1 amide bonds. The number of rotatable bonds is 8. The molecule has 1 fully saturated rings. The maximum Gasteiger partial charge on any atom is 0.275 e. The summed E-state index contributed by atoms with van der Waals surface area (Å²) in [5, 5.41) is 2.93. The van der Waals surface area contributed by atoms with Crippen LogP contribution in [0.25, 0.3) is 10.2 Å². The number of amides is 1. The van der Waals surface area contributed by atoms with E-state index in [-0.39, 0.29) is 17.2 Å². The first-order valence-corrected chi connectivity index (χ1v) is 12.3. The van der Waals surface area contributed by atoms with Crippen LogP contribution in [0.3, 0.4) is 0 Å². The quantitative estimate of drug-likeness (QED) is 0.490. The third-order valence-corrected chi connectivity index (χ3v) is 7.46. The van der Waals surface area contributed by atoms with Gasteiger partial charge in [-0.3, -0.25) is 9.78 Å². The van der Waals surface area contributed by atoms with Gasteiger partial charge in [-0.1, -0.05) is 11.8 Å². The van der Waals surface area contributed by atoms with Crippen LogP contribution in [0, 0.1) is 0 Å². The minimum Gasteiger partial charge on any atom is -0.379 e. The van der Waals surface area contributed by atoms with Gasteiger partial charge in [-0.05, 0) is 38.5 Å². The van der Waals surface area contributed by atoms with Crippen LogP contribution >= 0.6 is 23.1 Å². The van der Waals surface area contributed by atoms with Crippen LogP contribution in [0.1, 0.15) is 30.8 Å². The number of benzene rings is 1. The van der Waals surface area contributed by atoms with E-state index in [1.807, 2.05) is 18.2 Å². The summed E-state index contributed by atoms with van der Waals surface area (Å²) >= 11 is 3.36. The Morgan fingerprint density at radius 2 is 2.09 bits per heavy atom. The molecule has 1 aliphatic heterocycles. The summed E-state index contributed by atoms with van der Waals surface area (Å²) < 4.78 is 12.9. The van der Waals surface area contributed by atoms with Gasteiger partial charge in [0.1, 0.15) is 11.5 Å². The average molecular weight is 474 g/mol. The van der Waals surface area contributed by atoms with Crippen molar-refractivity contribution in [3.05, 3.63) is 36.3 Å². The zero-order valence-electron chi connectivity index (χ0n) is 18.5. The summed E-state index contributed by atoms with van der Waals surface area (Å²) in [5.74, 6) is 1.34. The Kier molecular flexibility index (Phi) is 7.24. The van der Waals surface area contributed by atoms with Crippen molar-refractivity contribution in [1.82, 2.24) is 15.0 Å². The van der Waals surface area contributed by atoms with Gasteiger partial charge >= 0.3 is 0 Å². The molecule has 1 saturated heterocycles. The van der Waals surface area contributed by atoms with Gasteiger partial charge in [0, 0.05) is 31.6 Å². The number of morpholine rings is 1. The lowest BCUT2D eigenvalue weighted by atomic mass is 10.1. The van der Waals surface area contributed by atoms with Gasteiger partial charge in [-0.25, -0.2) is 9.97 Å². The Bertz CT molecular complexity index is 1080. The summed E-state index contributed by atoms with van der Waals surface area (Å²) in [6.45, 7) is 6.95. The predicted molar refractivity (Wildman–Crippen MR) is 129 cm³/mol. The maximum atomic E-state index is 12.8. The standard InChI is InChI=1S/C22H27N5O3S2/c1-22(2,29-3)6-11-31-21-26-16-5-4-15(12-18(16)32-21)24-20(28)17-13-23-14-19(25-17)27-7-9-30-10-8-27/h4-5,12-14H,6-11H2,1-3H3,(H,24,28). The number of thioether (sulfide) groups is 1. The number of hydrogen-bond acceptors (Lipinski definition) is 9. The second kappa shape index (κ2) is 10.1. The fourth-order valence-electron chi connectivity index (χ4n) is 3.13. The molecule has 0 spiro atoms. The highest BCUT2D eigenvalue weighted by Gasteiger charge is 2.18. The SMILES string of the molecule is COC(C)(C)CCSc1nc2ccc(NC(=O)c3cncc(N4CCOCC4)n3)cc2s1. The molecule has 1 aromatic carbocycles. The Hall–Kier alpha value is -2.27. The molecule has 3 heterocycles. The lowest BCUT2D eigenvalue weighted by Crippen LogP contribution is -2.37. The molecule has 8 nitrogen and oxygen atoms in total. The van der Waals surface area contributed by atoms with Crippen molar-refractivity contribution in [2.75, 3.05) is 49.4 Å². The second-order valence-corrected chi connectivity index (χ2v) is 10.4. The molecule has 0 radical (unpaired) electrons. The molecule has 3 aromatic rings. The number of thiazole rings is 1. The first-order valence-electron chi connectivity index (χ1n) is 10.5. The molecule has 4 rings (SSSR count). The molecule has 1 N–H and O–H groups in total. The van der Waals surface area contributed by atoms with E-state index in [9.17, 15) is 4.79 Å².